The van der Waals surface area contributed by atoms with Gasteiger partial charge in [0.1, 0.15) is 18.0 Å². The molecule has 2 aliphatic rings. The summed E-state index contributed by atoms with van der Waals surface area (Å²) in [7, 11) is 0. The summed E-state index contributed by atoms with van der Waals surface area (Å²) in [6.45, 7) is 8.50. The quantitative estimate of drug-likeness (QED) is 0.779. The lowest BCUT2D eigenvalue weighted by atomic mass is 9.94. The molecule has 0 saturated carbocycles. The van der Waals surface area contributed by atoms with E-state index in [1.54, 1.807) is 11.0 Å². The van der Waals surface area contributed by atoms with Crippen molar-refractivity contribution in [3.8, 4) is 0 Å². The van der Waals surface area contributed by atoms with Crippen LogP contribution in [-0.4, -0.2) is 67.8 Å². The van der Waals surface area contributed by atoms with E-state index < -0.39 is 0 Å². The first-order chi connectivity index (χ1) is 12.8. The smallest absolute Gasteiger partial charge is 0.138 e. The van der Waals surface area contributed by atoms with Gasteiger partial charge in [0.25, 0.3) is 0 Å². The average molecular weight is 356 g/mol. The van der Waals surface area contributed by atoms with Gasteiger partial charge in [0.2, 0.25) is 0 Å². The number of tetrazole rings is 1. The zero-order valence-corrected chi connectivity index (χ0v) is 15.6. The van der Waals surface area contributed by atoms with Gasteiger partial charge in [0.15, 0.2) is 0 Å². The van der Waals surface area contributed by atoms with Crippen LogP contribution in [0.15, 0.2) is 12.4 Å². The Labute approximate surface area is 154 Å². The predicted molar refractivity (Wildman–Crippen MR) is 99.1 cm³/mol. The molecule has 4 heterocycles. The molecule has 8 heteroatoms. The topological polar surface area (TPSA) is 75.9 Å². The first-order valence-corrected chi connectivity index (χ1v) is 9.81. The summed E-state index contributed by atoms with van der Waals surface area (Å²) in [6, 6.07) is 2.24. The number of hydrogen-bond acceptors (Lipinski definition) is 7. The Kier molecular flexibility index (Phi) is 5.38. The van der Waals surface area contributed by atoms with Gasteiger partial charge >= 0.3 is 0 Å². The van der Waals surface area contributed by atoms with Crippen LogP contribution in [0.2, 0.25) is 0 Å². The SMILES string of the molecule is Cc1nc([C@@H]2CCCN(CCCn3cnnn3)C2)cc(N2CCCC2)n1. The third-order valence-corrected chi connectivity index (χ3v) is 5.45. The van der Waals surface area contributed by atoms with E-state index in [0.29, 0.717) is 5.92 Å². The number of rotatable bonds is 6. The first-order valence-electron chi connectivity index (χ1n) is 9.81. The summed E-state index contributed by atoms with van der Waals surface area (Å²) in [5, 5.41) is 11.3. The Morgan fingerprint density at radius 1 is 1.08 bits per heavy atom. The molecule has 2 aromatic rings. The molecule has 0 spiro atoms. The van der Waals surface area contributed by atoms with Crippen molar-refractivity contribution in [2.45, 2.75) is 51.5 Å². The van der Waals surface area contributed by atoms with Gasteiger partial charge in [-0.1, -0.05) is 0 Å². The first kappa shape index (κ1) is 17.3. The monoisotopic (exact) mass is 356 g/mol. The van der Waals surface area contributed by atoms with Gasteiger partial charge in [-0.15, -0.1) is 5.10 Å². The fourth-order valence-corrected chi connectivity index (χ4v) is 4.13. The number of anilines is 1. The Morgan fingerprint density at radius 2 is 1.96 bits per heavy atom. The maximum absolute atomic E-state index is 4.79. The molecule has 1 atom stereocenters. The average Bonchev–Trinajstić information content (AvgIpc) is 3.36. The summed E-state index contributed by atoms with van der Waals surface area (Å²) in [5.41, 5.74) is 1.23. The number of aromatic nitrogens is 6. The molecule has 0 amide bonds. The summed E-state index contributed by atoms with van der Waals surface area (Å²) in [5.74, 6) is 2.54. The van der Waals surface area contributed by atoms with E-state index in [4.69, 9.17) is 4.98 Å². The molecular weight excluding hydrogens is 328 g/mol. The van der Waals surface area contributed by atoms with E-state index in [1.165, 1.54) is 37.9 Å². The molecule has 0 N–H and O–H groups in total. The molecular formula is C18H28N8. The maximum atomic E-state index is 4.79. The van der Waals surface area contributed by atoms with Crippen LogP contribution in [0.4, 0.5) is 5.82 Å². The highest BCUT2D eigenvalue weighted by Gasteiger charge is 2.24. The van der Waals surface area contributed by atoms with Crippen LogP contribution in [0, 0.1) is 6.92 Å². The van der Waals surface area contributed by atoms with Crippen LogP contribution in [0.1, 0.15) is 49.5 Å². The summed E-state index contributed by atoms with van der Waals surface area (Å²) in [4.78, 5) is 14.4. The van der Waals surface area contributed by atoms with Crippen molar-refractivity contribution >= 4 is 5.82 Å². The summed E-state index contributed by atoms with van der Waals surface area (Å²) in [6.07, 6.45) is 7.76. The van der Waals surface area contributed by atoms with Crippen molar-refractivity contribution in [1.29, 1.82) is 0 Å². The second-order valence-corrected chi connectivity index (χ2v) is 7.46. The van der Waals surface area contributed by atoms with Crippen molar-refractivity contribution in [2.75, 3.05) is 37.6 Å². The Bertz CT molecular complexity index is 695. The third kappa shape index (κ3) is 4.17. The molecule has 0 aliphatic carbocycles. The van der Waals surface area contributed by atoms with Crippen LogP contribution in [0.3, 0.4) is 0 Å². The summed E-state index contributed by atoms with van der Waals surface area (Å²) >= 11 is 0. The van der Waals surface area contributed by atoms with E-state index >= 15 is 0 Å². The van der Waals surface area contributed by atoms with Gasteiger partial charge in [-0.3, -0.25) is 0 Å². The van der Waals surface area contributed by atoms with Gasteiger partial charge in [-0.25, -0.2) is 14.6 Å². The minimum Gasteiger partial charge on any atom is -0.357 e. The summed E-state index contributed by atoms with van der Waals surface area (Å²) < 4.78 is 1.80. The second-order valence-electron chi connectivity index (χ2n) is 7.46. The largest absolute Gasteiger partial charge is 0.357 e. The molecule has 0 radical (unpaired) electrons. The molecule has 0 unspecified atom stereocenters. The number of hydrogen-bond donors (Lipinski definition) is 0. The van der Waals surface area contributed by atoms with Crippen molar-refractivity contribution in [2.24, 2.45) is 0 Å². The highest BCUT2D eigenvalue weighted by molar-refractivity contribution is 5.41. The van der Waals surface area contributed by atoms with E-state index in [0.717, 1.165) is 50.8 Å². The maximum Gasteiger partial charge on any atom is 0.138 e. The zero-order valence-electron chi connectivity index (χ0n) is 15.6. The van der Waals surface area contributed by atoms with Crippen LogP contribution in [0.25, 0.3) is 0 Å². The van der Waals surface area contributed by atoms with Crippen LogP contribution in [-0.2, 0) is 6.54 Å². The predicted octanol–water partition coefficient (Wildman–Crippen LogP) is 1.64. The highest BCUT2D eigenvalue weighted by atomic mass is 15.5. The minimum atomic E-state index is 0.514. The molecule has 0 aromatic carbocycles. The molecule has 140 valence electrons. The molecule has 4 rings (SSSR count). The lowest BCUT2D eigenvalue weighted by Crippen LogP contribution is -2.36. The third-order valence-electron chi connectivity index (χ3n) is 5.45. The van der Waals surface area contributed by atoms with E-state index in [1.807, 2.05) is 6.92 Å². The second kappa shape index (κ2) is 8.07. The lowest BCUT2D eigenvalue weighted by molar-refractivity contribution is 0.200. The molecule has 0 bridgehead atoms. The van der Waals surface area contributed by atoms with Gasteiger partial charge in [-0.05, 0) is 62.5 Å². The van der Waals surface area contributed by atoms with Gasteiger partial charge in [-0.2, -0.15) is 0 Å². The van der Waals surface area contributed by atoms with Crippen molar-refractivity contribution in [1.82, 2.24) is 35.1 Å². The molecule has 8 nitrogen and oxygen atoms in total. The highest BCUT2D eigenvalue weighted by Crippen LogP contribution is 2.28. The Morgan fingerprint density at radius 3 is 2.77 bits per heavy atom. The normalized spacial score (nSPS) is 21.4. The van der Waals surface area contributed by atoms with E-state index in [9.17, 15) is 0 Å². The van der Waals surface area contributed by atoms with Gasteiger partial charge < -0.3 is 9.80 Å². The van der Waals surface area contributed by atoms with Gasteiger partial charge in [0.05, 0.1) is 5.69 Å². The van der Waals surface area contributed by atoms with Crippen LogP contribution < -0.4 is 4.90 Å². The van der Waals surface area contributed by atoms with Crippen LogP contribution >= 0.6 is 0 Å². The van der Waals surface area contributed by atoms with Crippen molar-refractivity contribution in [3.63, 3.8) is 0 Å². The fourth-order valence-electron chi connectivity index (χ4n) is 4.13. The van der Waals surface area contributed by atoms with Gasteiger partial charge in [0, 0.05) is 38.2 Å². The van der Waals surface area contributed by atoms with E-state index in [2.05, 4.69) is 36.4 Å². The Balaban J connectivity index is 1.37. The number of piperidine rings is 1. The Hall–Kier alpha value is -2.09. The molecule has 2 fully saturated rings. The number of likely N-dealkylation sites (tertiary alicyclic amines) is 1. The van der Waals surface area contributed by atoms with Crippen molar-refractivity contribution < 1.29 is 0 Å². The lowest BCUT2D eigenvalue weighted by Gasteiger charge is -2.32. The standard InChI is InChI=1S/C18H28N8/c1-15-20-17(12-18(21-15)25-9-2-3-10-25)16-6-4-7-24(13-16)8-5-11-26-14-19-22-23-26/h12,14,16H,2-11,13H2,1H3/t16-/m1/s1. The number of nitrogens with zero attached hydrogens (tertiary/aromatic N) is 8. The minimum absolute atomic E-state index is 0.514. The molecule has 26 heavy (non-hydrogen) atoms. The molecule has 2 aliphatic heterocycles. The van der Waals surface area contributed by atoms with E-state index in [-0.39, 0.29) is 0 Å². The van der Waals surface area contributed by atoms with Crippen molar-refractivity contribution in [3.05, 3.63) is 23.9 Å². The molecule has 2 aromatic heterocycles. The number of aryl methyl sites for hydroxylation is 2. The zero-order chi connectivity index (χ0) is 17.8. The fraction of sp³-hybridized carbons (Fsp3) is 0.722. The molecule has 2 saturated heterocycles. The van der Waals surface area contributed by atoms with Crippen LogP contribution in [0.5, 0.6) is 0 Å².